The van der Waals surface area contributed by atoms with Crippen molar-refractivity contribution < 1.29 is 14.6 Å². The second-order valence-corrected chi connectivity index (χ2v) is 4.64. The molecule has 0 aliphatic carbocycles. The normalized spacial score (nSPS) is 10.9. The van der Waals surface area contributed by atoms with Crippen LogP contribution < -0.4 is 5.56 Å². The quantitative estimate of drug-likeness (QED) is 0.843. The first-order chi connectivity index (χ1) is 11.0. The van der Waals surface area contributed by atoms with Gasteiger partial charge < -0.3 is 10.2 Å². The monoisotopic (exact) mass is 316 g/mol. The highest BCUT2D eigenvalue weighted by Gasteiger charge is 2.18. The fourth-order valence-corrected chi connectivity index (χ4v) is 1.98. The zero-order chi connectivity index (χ0) is 17.0. The van der Waals surface area contributed by atoms with Gasteiger partial charge in [0.2, 0.25) is 5.88 Å². The highest BCUT2D eigenvalue weighted by Crippen LogP contribution is 2.26. The van der Waals surface area contributed by atoms with Crippen LogP contribution in [0.15, 0.2) is 39.3 Å². The summed E-state index contributed by atoms with van der Waals surface area (Å²) in [6, 6.07) is 6.95. The van der Waals surface area contributed by atoms with E-state index >= 15 is 0 Å². The van der Waals surface area contributed by atoms with E-state index in [0.29, 0.717) is 5.69 Å². The summed E-state index contributed by atoms with van der Waals surface area (Å²) in [6.45, 7) is 0.886. The van der Waals surface area contributed by atoms with E-state index in [1.165, 1.54) is 31.2 Å². The second-order valence-electron chi connectivity index (χ2n) is 4.64. The van der Waals surface area contributed by atoms with Gasteiger partial charge in [0.05, 0.1) is 18.8 Å². The molecule has 0 radical (unpaired) electrons. The molecule has 0 atom stereocenters. The van der Waals surface area contributed by atoms with Crippen molar-refractivity contribution in [3.63, 3.8) is 0 Å². The van der Waals surface area contributed by atoms with Gasteiger partial charge in [0.15, 0.2) is 5.69 Å². The molecule has 0 amide bonds. The lowest BCUT2D eigenvalue weighted by molar-refractivity contribution is 0.263. The second kappa shape index (κ2) is 6.81. The van der Waals surface area contributed by atoms with Gasteiger partial charge in [-0.3, -0.25) is 9.36 Å². The molecule has 118 valence electrons. The summed E-state index contributed by atoms with van der Waals surface area (Å²) in [5, 5.41) is 35.7. The van der Waals surface area contributed by atoms with Gasteiger partial charge in [-0.1, -0.05) is 0 Å². The molecule has 1 aromatic heterocycles. The molecule has 0 saturated heterocycles. The summed E-state index contributed by atoms with van der Waals surface area (Å²) < 4.78 is 13.7. The first-order valence-electron chi connectivity index (χ1n) is 6.64. The number of benzene rings is 1. The smallest absolute Gasteiger partial charge is 0.281 e. The molecule has 1 aromatic carbocycles. The predicted molar refractivity (Wildman–Crippen MR) is 79.5 cm³/mol. The van der Waals surface area contributed by atoms with E-state index in [9.17, 15) is 14.3 Å². The Balaban J connectivity index is 2.58. The van der Waals surface area contributed by atoms with Gasteiger partial charge in [0.25, 0.3) is 5.56 Å². The Hall–Kier alpha value is -3.05. The lowest BCUT2D eigenvalue weighted by Crippen LogP contribution is -2.23. The minimum absolute atomic E-state index is 0.119. The van der Waals surface area contributed by atoms with Crippen molar-refractivity contribution in [3.8, 4) is 11.9 Å². The lowest BCUT2D eigenvalue weighted by Gasteiger charge is -2.11. The number of aliphatic hydroxyl groups is 1. The Morgan fingerprint density at radius 1 is 1.30 bits per heavy atom. The molecule has 0 aliphatic heterocycles. The lowest BCUT2D eigenvalue weighted by atomic mass is 10.1. The third-order valence-electron chi connectivity index (χ3n) is 3.18. The molecule has 2 aromatic rings. The summed E-state index contributed by atoms with van der Waals surface area (Å²) in [4.78, 5) is 12.3. The maximum atomic E-state index is 12.8. The van der Waals surface area contributed by atoms with E-state index < -0.39 is 23.9 Å². The van der Waals surface area contributed by atoms with Crippen molar-refractivity contribution in [2.24, 2.45) is 10.2 Å². The molecular weight excluding hydrogens is 303 g/mol. The van der Waals surface area contributed by atoms with Crippen molar-refractivity contribution >= 4 is 11.4 Å². The molecule has 0 spiro atoms. The molecular formula is C15H13FN4O3. The van der Waals surface area contributed by atoms with Crippen LogP contribution in [-0.4, -0.2) is 21.4 Å². The van der Waals surface area contributed by atoms with Crippen molar-refractivity contribution in [2.45, 2.75) is 13.5 Å². The van der Waals surface area contributed by atoms with Gasteiger partial charge >= 0.3 is 0 Å². The van der Waals surface area contributed by atoms with Crippen LogP contribution in [0.3, 0.4) is 0 Å². The highest BCUT2D eigenvalue weighted by molar-refractivity contribution is 5.56. The average Bonchev–Trinajstić information content (AvgIpc) is 2.53. The molecule has 2 rings (SSSR count). The number of azo groups is 1. The number of halogens is 1. The molecule has 2 N–H and O–H groups in total. The van der Waals surface area contributed by atoms with E-state index in [1.807, 2.05) is 0 Å². The number of pyridine rings is 1. The van der Waals surface area contributed by atoms with E-state index in [0.717, 1.165) is 4.57 Å². The standard InChI is InChI=1S/C15H13FN4O3/c1-9-12(8-17)14(22)20(6-7-21)15(23)13(9)19-18-11-4-2-10(16)3-5-11/h2-5,21-22H,6-7H2,1H3. The molecule has 0 aliphatic rings. The maximum absolute atomic E-state index is 12.8. The Morgan fingerprint density at radius 3 is 2.52 bits per heavy atom. The number of rotatable bonds is 4. The molecule has 8 heteroatoms. The number of aliphatic hydroxyl groups excluding tert-OH is 1. The Bertz CT molecular complexity index is 851. The van der Waals surface area contributed by atoms with Crippen LogP contribution in [0.4, 0.5) is 15.8 Å². The Kier molecular flexibility index (Phi) is 4.83. The number of hydrogen-bond donors (Lipinski definition) is 2. The summed E-state index contributed by atoms with van der Waals surface area (Å²) in [5.41, 5.74) is -0.428. The van der Waals surface area contributed by atoms with Gasteiger partial charge in [0.1, 0.15) is 17.4 Å². The topological polar surface area (TPSA) is 111 Å². The Morgan fingerprint density at radius 2 is 1.96 bits per heavy atom. The Labute approximate surface area is 130 Å². The van der Waals surface area contributed by atoms with Gasteiger partial charge in [-0.2, -0.15) is 10.4 Å². The maximum Gasteiger partial charge on any atom is 0.281 e. The van der Waals surface area contributed by atoms with Gasteiger partial charge in [0, 0.05) is 5.56 Å². The first-order valence-corrected chi connectivity index (χ1v) is 6.64. The number of aromatic nitrogens is 1. The zero-order valence-electron chi connectivity index (χ0n) is 12.2. The van der Waals surface area contributed by atoms with Gasteiger partial charge in [-0.25, -0.2) is 4.39 Å². The summed E-state index contributed by atoms with van der Waals surface area (Å²) in [7, 11) is 0. The van der Waals surface area contributed by atoms with Crippen molar-refractivity contribution in [3.05, 3.63) is 51.6 Å². The third kappa shape index (κ3) is 3.25. The van der Waals surface area contributed by atoms with Crippen LogP contribution in [0.25, 0.3) is 0 Å². The van der Waals surface area contributed by atoms with E-state index in [2.05, 4.69) is 10.2 Å². The molecule has 1 heterocycles. The van der Waals surface area contributed by atoms with Gasteiger partial charge in [-0.15, -0.1) is 5.11 Å². The van der Waals surface area contributed by atoms with Crippen LogP contribution in [0.2, 0.25) is 0 Å². The van der Waals surface area contributed by atoms with Crippen molar-refractivity contribution in [1.29, 1.82) is 5.26 Å². The summed E-state index contributed by atoms with van der Waals surface area (Å²) in [6.07, 6.45) is 0. The summed E-state index contributed by atoms with van der Waals surface area (Å²) >= 11 is 0. The SMILES string of the molecule is Cc1c(C#N)c(O)n(CCO)c(=O)c1N=Nc1ccc(F)cc1. The largest absolute Gasteiger partial charge is 0.493 e. The van der Waals surface area contributed by atoms with Crippen LogP contribution in [-0.2, 0) is 6.54 Å². The minimum atomic E-state index is -0.682. The number of nitriles is 1. The zero-order valence-corrected chi connectivity index (χ0v) is 12.2. The molecule has 0 bridgehead atoms. The van der Waals surface area contributed by atoms with Crippen LogP contribution in [0.5, 0.6) is 5.88 Å². The molecule has 7 nitrogen and oxygen atoms in total. The minimum Gasteiger partial charge on any atom is -0.493 e. The highest BCUT2D eigenvalue weighted by atomic mass is 19.1. The fraction of sp³-hybridized carbons (Fsp3) is 0.200. The van der Waals surface area contributed by atoms with E-state index in [-0.39, 0.29) is 23.4 Å². The van der Waals surface area contributed by atoms with E-state index in [4.69, 9.17) is 10.4 Å². The van der Waals surface area contributed by atoms with Gasteiger partial charge in [-0.05, 0) is 31.2 Å². The number of nitrogens with zero attached hydrogens (tertiary/aromatic N) is 4. The first kappa shape index (κ1) is 16.3. The van der Waals surface area contributed by atoms with Crippen molar-refractivity contribution in [2.75, 3.05) is 6.61 Å². The number of aromatic hydroxyl groups is 1. The fourth-order valence-electron chi connectivity index (χ4n) is 1.98. The van der Waals surface area contributed by atoms with Crippen LogP contribution in [0.1, 0.15) is 11.1 Å². The molecule has 0 saturated carbocycles. The number of hydrogen-bond acceptors (Lipinski definition) is 6. The predicted octanol–water partition coefficient (Wildman–Crippen LogP) is 2.28. The summed E-state index contributed by atoms with van der Waals surface area (Å²) in [5.74, 6) is -0.952. The third-order valence-corrected chi connectivity index (χ3v) is 3.18. The van der Waals surface area contributed by atoms with E-state index in [1.54, 1.807) is 6.07 Å². The van der Waals surface area contributed by atoms with Crippen LogP contribution in [0, 0.1) is 24.1 Å². The molecule has 0 unspecified atom stereocenters. The van der Waals surface area contributed by atoms with Crippen molar-refractivity contribution in [1.82, 2.24) is 4.57 Å². The molecule has 23 heavy (non-hydrogen) atoms. The van der Waals surface area contributed by atoms with Crippen LogP contribution >= 0.6 is 0 Å². The average molecular weight is 316 g/mol. The molecule has 0 fully saturated rings.